The number of nitrogens with one attached hydrogen (secondary N) is 1. The van der Waals surface area contributed by atoms with E-state index in [1.54, 1.807) is 11.8 Å². The Morgan fingerprint density at radius 3 is 2.33 bits per heavy atom. The van der Waals surface area contributed by atoms with Crippen LogP contribution in [0.15, 0.2) is 83.8 Å². The number of thioether (sulfide) groups is 1. The van der Waals surface area contributed by atoms with E-state index < -0.39 is 6.10 Å². The first-order valence-electron chi connectivity index (χ1n) is 9.93. The Hall–Kier alpha value is -2.60. The molecule has 0 fully saturated rings. The van der Waals surface area contributed by atoms with E-state index in [2.05, 4.69) is 36.5 Å². The van der Waals surface area contributed by atoms with Crippen LogP contribution >= 0.6 is 11.8 Å². The van der Waals surface area contributed by atoms with Gasteiger partial charge in [-0.05, 0) is 47.9 Å². The first-order valence-corrected chi connectivity index (χ1v) is 10.9. The summed E-state index contributed by atoms with van der Waals surface area (Å²) in [6, 6.07) is 25.9. The fourth-order valence-electron chi connectivity index (χ4n) is 3.16. The second-order valence-corrected chi connectivity index (χ2v) is 8.24. The molecular formula is C25H27NO3S. The van der Waals surface area contributed by atoms with Crippen molar-refractivity contribution in [3.8, 4) is 0 Å². The molecule has 2 N–H and O–H groups in total. The first kappa shape index (κ1) is 22.1. The molecule has 156 valence electrons. The van der Waals surface area contributed by atoms with Gasteiger partial charge in [0, 0.05) is 23.3 Å². The zero-order valence-electron chi connectivity index (χ0n) is 17.2. The fraction of sp³-hybridized carbons (Fsp3) is 0.240. The maximum Gasteiger partial charge on any atom is 0.221 e. The summed E-state index contributed by atoms with van der Waals surface area (Å²) in [5.41, 5.74) is 4.10. The summed E-state index contributed by atoms with van der Waals surface area (Å²) in [4.78, 5) is 12.1. The molecule has 5 heteroatoms. The Balaban J connectivity index is 1.59. The van der Waals surface area contributed by atoms with Crippen LogP contribution in [0.25, 0.3) is 0 Å². The maximum absolute atomic E-state index is 11.1. The number of aliphatic hydroxyl groups excluding tert-OH is 1. The van der Waals surface area contributed by atoms with Gasteiger partial charge in [0.25, 0.3) is 0 Å². The first-order chi connectivity index (χ1) is 14.5. The minimum absolute atomic E-state index is 0.0930. The van der Waals surface area contributed by atoms with Crippen LogP contribution in [0.1, 0.15) is 29.7 Å². The molecule has 0 aliphatic carbocycles. The number of benzene rings is 3. The third-order valence-corrected chi connectivity index (χ3v) is 5.80. The number of amides is 1. The van der Waals surface area contributed by atoms with E-state index in [0.717, 1.165) is 27.3 Å². The molecule has 2 unspecified atom stereocenters. The van der Waals surface area contributed by atoms with Crippen molar-refractivity contribution in [2.24, 2.45) is 0 Å². The average molecular weight is 422 g/mol. The van der Waals surface area contributed by atoms with Crippen molar-refractivity contribution in [1.29, 1.82) is 0 Å². The van der Waals surface area contributed by atoms with Crippen LogP contribution < -0.4 is 5.32 Å². The standard InChI is InChI=1S/C25H27NO3S/c1-18-8-6-7-11-24(18)25(20-9-4-3-5-10-20)29-16-22(28)17-30-23-14-12-21(13-15-23)26-19(2)27/h3-15,22,25,28H,16-17H2,1-2H3,(H,26,27). The quantitative estimate of drug-likeness (QED) is 0.466. The van der Waals surface area contributed by atoms with Gasteiger partial charge in [-0.3, -0.25) is 4.79 Å². The lowest BCUT2D eigenvalue weighted by Crippen LogP contribution is -2.21. The molecule has 0 spiro atoms. The molecule has 3 aromatic rings. The lowest BCUT2D eigenvalue weighted by atomic mass is 9.97. The second-order valence-electron chi connectivity index (χ2n) is 7.15. The molecule has 3 rings (SSSR count). The van der Waals surface area contributed by atoms with Crippen LogP contribution in [-0.4, -0.2) is 29.5 Å². The predicted molar refractivity (Wildman–Crippen MR) is 123 cm³/mol. The Labute approximate surface area is 182 Å². The van der Waals surface area contributed by atoms with Gasteiger partial charge in [0.1, 0.15) is 6.10 Å². The van der Waals surface area contributed by atoms with Crippen molar-refractivity contribution >= 4 is 23.4 Å². The number of rotatable bonds is 9. The molecule has 4 nitrogen and oxygen atoms in total. The molecule has 2 atom stereocenters. The summed E-state index contributed by atoms with van der Waals surface area (Å²) in [5.74, 6) is 0.430. The molecule has 0 radical (unpaired) electrons. The summed E-state index contributed by atoms with van der Waals surface area (Å²) in [7, 11) is 0. The van der Waals surface area contributed by atoms with Gasteiger partial charge in [0.15, 0.2) is 0 Å². The summed E-state index contributed by atoms with van der Waals surface area (Å²) >= 11 is 1.56. The summed E-state index contributed by atoms with van der Waals surface area (Å²) in [5, 5.41) is 13.2. The lowest BCUT2D eigenvalue weighted by Gasteiger charge is -2.22. The zero-order chi connectivity index (χ0) is 21.3. The van der Waals surface area contributed by atoms with Gasteiger partial charge >= 0.3 is 0 Å². The maximum atomic E-state index is 11.1. The topological polar surface area (TPSA) is 58.6 Å². The summed E-state index contributed by atoms with van der Waals surface area (Å²) in [6.07, 6.45) is -0.816. The van der Waals surface area contributed by atoms with E-state index in [1.165, 1.54) is 6.92 Å². The van der Waals surface area contributed by atoms with Gasteiger partial charge in [-0.2, -0.15) is 0 Å². The molecule has 0 aromatic heterocycles. The van der Waals surface area contributed by atoms with Gasteiger partial charge in [0.05, 0.1) is 12.7 Å². The number of anilines is 1. The number of ether oxygens (including phenoxy) is 1. The van der Waals surface area contributed by atoms with Crippen molar-refractivity contribution in [2.45, 2.75) is 31.0 Å². The summed E-state index contributed by atoms with van der Waals surface area (Å²) in [6.45, 7) is 3.80. The molecule has 0 aliphatic rings. The third kappa shape index (κ3) is 6.46. The van der Waals surface area contributed by atoms with Gasteiger partial charge in [0.2, 0.25) is 5.91 Å². The van der Waals surface area contributed by atoms with E-state index in [1.807, 2.05) is 54.6 Å². The van der Waals surface area contributed by atoms with E-state index in [-0.39, 0.29) is 18.6 Å². The molecule has 0 saturated heterocycles. The Morgan fingerprint density at radius 2 is 1.67 bits per heavy atom. The van der Waals surface area contributed by atoms with E-state index >= 15 is 0 Å². The Bertz CT molecular complexity index is 944. The van der Waals surface area contributed by atoms with E-state index in [9.17, 15) is 9.90 Å². The number of carbonyl (C=O) groups excluding carboxylic acids is 1. The van der Waals surface area contributed by atoms with E-state index in [0.29, 0.717) is 5.75 Å². The third-order valence-electron chi connectivity index (χ3n) is 4.65. The van der Waals surface area contributed by atoms with Crippen molar-refractivity contribution in [1.82, 2.24) is 0 Å². The number of hydrogen-bond acceptors (Lipinski definition) is 4. The van der Waals surface area contributed by atoms with Crippen molar-refractivity contribution in [2.75, 3.05) is 17.7 Å². The van der Waals surface area contributed by atoms with E-state index in [4.69, 9.17) is 4.74 Å². The molecular weight excluding hydrogens is 394 g/mol. The van der Waals surface area contributed by atoms with Crippen LogP contribution in [0.4, 0.5) is 5.69 Å². The highest BCUT2D eigenvalue weighted by Gasteiger charge is 2.18. The van der Waals surface area contributed by atoms with Crippen molar-refractivity contribution in [3.05, 3.63) is 95.6 Å². The van der Waals surface area contributed by atoms with Crippen LogP contribution in [0, 0.1) is 6.92 Å². The zero-order valence-corrected chi connectivity index (χ0v) is 18.1. The normalized spacial score (nSPS) is 12.9. The van der Waals surface area contributed by atoms with Crippen LogP contribution in [0.2, 0.25) is 0 Å². The Morgan fingerprint density at radius 1 is 1.00 bits per heavy atom. The lowest BCUT2D eigenvalue weighted by molar-refractivity contribution is -0.114. The van der Waals surface area contributed by atoms with Crippen molar-refractivity contribution in [3.63, 3.8) is 0 Å². The predicted octanol–water partition coefficient (Wildman–Crippen LogP) is 5.21. The van der Waals surface area contributed by atoms with Crippen LogP contribution in [0.5, 0.6) is 0 Å². The highest BCUT2D eigenvalue weighted by atomic mass is 32.2. The average Bonchev–Trinajstić information content (AvgIpc) is 2.75. The number of carbonyl (C=O) groups is 1. The molecule has 1 amide bonds. The van der Waals surface area contributed by atoms with Gasteiger partial charge in [-0.15, -0.1) is 11.8 Å². The number of aryl methyl sites for hydroxylation is 1. The smallest absolute Gasteiger partial charge is 0.221 e. The minimum atomic E-state index is -0.597. The van der Waals surface area contributed by atoms with Crippen LogP contribution in [-0.2, 0) is 9.53 Å². The molecule has 0 heterocycles. The fourth-order valence-corrected chi connectivity index (χ4v) is 3.97. The second kappa shape index (κ2) is 11.0. The highest BCUT2D eigenvalue weighted by molar-refractivity contribution is 7.99. The van der Waals surface area contributed by atoms with Gasteiger partial charge < -0.3 is 15.2 Å². The van der Waals surface area contributed by atoms with Gasteiger partial charge in [-0.1, -0.05) is 54.6 Å². The molecule has 30 heavy (non-hydrogen) atoms. The largest absolute Gasteiger partial charge is 0.390 e. The van der Waals surface area contributed by atoms with Crippen molar-refractivity contribution < 1.29 is 14.6 Å². The number of aliphatic hydroxyl groups is 1. The van der Waals surface area contributed by atoms with Gasteiger partial charge in [-0.25, -0.2) is 0 Å². The SMILES string of the molecule is CC(=O)Nc1ccc(SCC(O)COC(c2ccccc2)c2ccccc2C)cc1. The molecule has 0 aliphatic heterocycles. The molecule has 0 saturated carbocycles. The molecule has 0 bridgehead atoms. The highest BCUT2D eigenvalue weighted by Crippen LogP contribution is 2.29. The van der Waals surface area contributed by atoms with Crippen LogP contribution in [0.3, 0.4) is 0 Å². The molecule has 3 aromatic carbocycles. The monoisotopic (exact) mass is 421 g/mol. The minimum Gasteiger partial charge on any atom is -0.390 e. The summed E-state index contributed by atoms with van der Waals surface area (Å²) < 4.78 is 6.20. The Kier molecular flexibility index (Phi) is 8.08. The number of hydrogen-bond donors (Lipinski definition) is 2.